The van der Waals surface area contributed by atoms with E-state index >= 15 is 0 Å². The Morgan fingerprint density at radius 2 is 2.00 bits per heavy atom. The monoisotopic (exact) mass is 217 g/mol. The molecule has 4 nitrogen and oxygen atoms in total. The number of rotatable bonds is 10. The van der Waals surface area contributed by atoms with Gasteiger partial charge in [-0.25, -0.2) is 0 Å². The Kier molecular flexibility index (Phi) is 9.52. The van der Waals surface area contributed by atoms with E-state index in [2.05, 4.69) is 12.2 Å². The number of unbranched alkanes of at least 4 members (excludes halogenated alkanes) is 3. The van der Waals surface area contributed by atoms with Crippen LogP contribution < -0.4 is 5.32 Å². The molecular weight excluding hydrogens is 194 g/mol. The van der Waals surface area contributed by atoms with Crippen molar-refractivity contribution in [3.05, 3.63) is 0 Å². The lowest BCUT2D eigenvalue weighted by atomic mass is 10.1. The van der Waals surface area contributed by atoms with Gasteiger partial charge in [-0.15, -0.1) is 0 Å². The van der Waals surface area contributed by atoms with Crippen LogP contribution in [0.1, 0.15) is 45.4 Å². The van der Waals surface area contributed by atoms with Gasteiger partial charge in [-0.3, -0.25) is 4.79 Å². The molecule has 0 saturated heterocycles. The van der Waals surface area contributed by atoms with E-state index < -0.39 is 12.0 Å². The van der Waals surface area contributed by atoms with Gasteiger partial charge in [0.15, 0.2) is 0 Å². The minimum Gasteiger partial charge on any atom is -0.480 e. The highest BCUT2D eigenvalue weighted by atomic mass is 16.4. The van der Waals surface area contributed by atoms with Gasteiger partial charge < -0.3 is 15.5 Å². The highest BCUT2D eigenvalue weighted by Crippen LogP contribution is 2.01. The molecule has 0 saturated carbocycles. The van der Waals surface area contributed by atoms with Crippen molar-refractivity contribution in [1.29, 1.82) is 0 Å². The van der Waals surface area contributed by atoms with Crippen LogP contribution in [0.25, 0.3) is 0 Å². The van der Waals surface area contributed by atoms with Crippen LogP contribution in [0.3, 0.4) is 0 Å². The Morgan fingerprint density at radius 3 is 2.53 bits per heavy atom. The first-order valence-electron chi connectivity index (χ1n) is 5.79. The summed E-state index contributed by atoms with van der Waals surface area (Å²) in [7, 11) is 0. The maximum absolute atomic E-state index is 10.8. The van der Waals surface area contributed by atoms with E-state index in [0.717, 1.165) is 38.6 Å². The first kappa shape index (κ1) is 14.4. The Morgan fingerprint density at radius 1 is 1.27 bits per heavy atom. The summed E-state index contributed by atoms with van der Waals surface area (Å²) in [4.78, 5) is 10.8. The Balaban J connectivity index is 3.53. The molecule has 1 atom stereocenters. The van der Waals surface area contributed by atoms with Crippen molar-refractivity contribution >= 4 is 5.97 Å². The summed E-state index contributed by atoms with van der Waals surface area (Å²) in [6, 6.07) is -0.404. The van der Waals surface area contributed by atoms with E-state index in [-0.39, 0.29) is 6.61 Å². The zero-order valence-electron chi connectivity index (χ0n) is 9.54. The molecule has 1 unspecified atom stereocenters. The minimum absolute atomic E-state index is 0.220. The van der Waals surface area contributed by atoms with E-state index in [9.17, 15) is 4.79 Å². The van der Waals surface area contributed by atoms with Gasteiger partial charge >= 0.3 is 5.97 Å². The number of nitrogens with one attached hydrogen (secondary N) is 1. The van der Waals surface area contributed by atoms with E-state index in [1.165, 1.54) is 0 Å². The molecule has 0 bridgehead atoms. The average Bonchev–Trinajstić information content (AvgIpc) is 2.21. The number of aliphatic hydroxyl groups is 1. The number of aliphatic carboxylic acids is 1. The summed E-state index contributed by atoms with van der Waals surface area (Å²) >= 11 is 0. The van der Waals surface area contributed by atoms with Crippen LogP contribution in [0.2, 0.25) is 0 Å². The van der Waals surface area contributed by atoms with Crippen LogP contribution in [0.15, 0.2) is 0 Å². The number of carboxylic acid groups (broad SMARTS) is 1. The predicted molar refractivity (Wildman–Crippen MR) is 59.9 cm³/mol. The number of hydrogen-bond acceptors (Lipinski definition) is 3. The molecule has 0 spiro atoms. The summed E-state index contributed by atoms with van der Waals surface area (Å²) in [6.07, 6.45) is 5.34. The molecule has 0 aliphatic rings. The molecule has 4 heteroatoms. The van der Waals surface area contributed by atoms with Crippen LogP contribution in [0.4, 0.5) is 0 Å². The quantitative estimate of drug-likeness (QED) is 0.484. The van der Waals surface area contributed by atoms with Crippen molar-refractivity contribution in [3.63, 3.8) is 0 Å². The van der Waals surface area contributed by atoms with Crippen molar-refractivity contribution in [2.75, 3.05) is 13.2 Å². The summed E-state index contributed by atoms with van der Waals surface area (Å²) in [5.74, 6) is -0.759. The van der Waals surface area contributed by atoms with Crippen molar-refractivity contribution in [1.82, 2.24) is 5.32 Å². The van der Waals surface area contributed by atoms with Crippen LogP contribution >= 0.6 is 0 Å². The van der Waals surface area contributed by atoms with Gasteiger partial charge in [0.2, 0.25) is 0 Å². The van der Waals surface area contributed by atoms with Crippen LogP contribution in [0, 0.1) is 0 Å². The first-order chi connectivity index (χ1) is 7.22. The standard InChI is InChI=1S/C11H23NO3/c1-2-3-7-10(11(14)15)12-8-5-4-6-9-13/h10,12-13H,2-9H2,1H3,(H,14,15). The maximum atomic E-state index is 10.8. The first-order valence-corrected chi connectivity index (χ1v) is 5.79. The normalized spacial score (nSPS) is 12.7. The molecule has 0 rings (SSSR count). The van der Waals surface area contributed by atoms with Crippen molar-refractivity contribution in [2.45, 2.75) is 51.5 Å². The molecule has 0 aromatic heterocycles. The maximum Gasteiger partial charge on any atom is 0.320 e. The Hall–Kier alpha value is -0.610. The van der Waals surface area contributed by atoms with Crippen LogP contribution in [-0.2, 0) is 4.79 Å². The number of carbonyl (C=O) groups is 1. The lowest BCUT2D eigenvalue weighted by Crippen LogP contribution is -2.37. The fraction of sp³-hybridized carbons (Fsp3) is 0.909. The average molecular weight is 217 g/mol. The summed E-state index contributed by atoms with van der Waals surface area (Å²) < 4.78 is 0. The minimum atomic E-state index is -0.759. The molecular formula is C11H23NO3. The summed E-state index contributed by atoms with van der Waals surface area (Å²) in [6.45, 7) is 3.00. The molecule has 0 aliphatic heterocycles. The summed E-state index contributed by atoms with van der Waals surface area (Å²) in [5, 5.41) is 20.5. The molecule has 3 N–H and O–H groups in total. The Labute approximate surface area is 91.7 Å². The third-order valence-electron chi connectivity index (χ3n) is 2.37. The number of hydrogen-bond donors (Lipinski definition) is 3. The van der Waals surface area contributed by atoms with E-state index in [4.69, 9.17) is 10.2 Å². The van der Waals surface area contributed by atoms with Gasteiger partial charge in [-0.1, -0.05) is 19.8 Å². The van der Waals surface area contributed by atoms with E-state index in [1.807, 2.05) is 0 Å². The van der Waals surface area contributed by atoms with Crippen LogP contribution in [0.5, 0.6) is 0 Å². The molecule has 0 aliphatic carbocycles. The zero-order valence-corrected chi connectivity index (χ0v) is 9.54. The lowest BCUT2D eigenvalue weighted by Gasteiger charge is -2.13. The Bertz CT molecular complexity index is 162. The van der Waals surface area contributed by atoms with E-state index in [0.29, 0.717) is 6.42 Å². The van der Waals surface area contributed by atoms with Crippen molar-refractivity contribution in [3.8, 4) is 0 Å². The number of aliphatic hydroxyl groups excluding tert-OH is 1. The molecule has 0 aromatic rings. The highest BCUT2D eigenvalue weighted by molar-refractivity contribution is 5.73. The molecule has 0 aromatic carbocycles. The van der Waals surface area contributed by atoms with E-state index in [1.54, 1.807) is 0 Å². The topological polar surface area (TPSA) is 69.6 Å². The number of carboxylic acids is 1. The largest absolute Gasteiger partial charge is 0.480 e. The predicted octanol–water partition coefficient (Wildman–Crippen LogP) is 1.38. The molecule has 0 amide bonds. The third kappa shape index (κ3) is 8.39. The highest BCUT2D eigenvalue weighted by Gasteiger charge is 2.14. The second-order valence-electron chi connectivity index (χ2n) is 3.77. The van der Waals surface area contributed by atoms with Crippen LogP contribution in [-0.4, -0.2) is 35.4 Å². The molecule has 90 valence electrons. The van der Waals surface area contributed by atoms with Gasteiger partial charge in [0.25, 0.3) is 0 Å². The molecule has 0 radical (unpaired) electrons. The van der Waals surface area contributed by atoms with Crippen molar-refractivity contribution < 1.29 is 15.0 Å². The summed E-state index contributed by atoms with van der Waals surface area (Å²) in [5.41, 5.74) is 0. The van der Waals surface area contributed by atoms with Gasteiger partial charge in [0.05, 0.1) is 0 Å². The molecule has 0 fully saturated rings. The van der Waals surface area contributed by atoms with Gasteiger partial charge in [0.1, 0.15) is 6.04 Å². The lowest BCUT2D eigenvalue weighted by molar-refractivity contribution is -0.139. The smallest absolute Gasteiger partial charge is 0.320 e. The second-order valence-corrected chi connectivity index (χ2v) is 3.77. The zero-order chi connectivity index (χ0) is 11.5. The van der Waals surface area contributed by atoms with Gasteiger partial charge in [0, 0.05) is 6.61 Å². The van der Waals surface area contributed by atoms with Gasteiger partial charge in [-0.2, -0.15) is 0 Å². The van der Waals surface area contributed by atoms with Crippen molar-refractivity contribution in [2.24, 2.45) is 0 Å². The van der Waals surface area contributed by atoms with Gasteiger partial charge in [-0.05, 0) is 32.2 Å². The molecule has 15 heavy (non-hydrogen) atoms. The molecule has 0 heterocycles. The second kappa shape index (κ2) is 9.93. The fourth-order valence-electron chi connectivity index (χ4n) is 1.41. The fourth-order valence-corrected chi connectivity index (χ4v) is 1.41. The SMILES string of the molecule is CCCCC(NCCCCCO)C(=O)O. The third-order valence-corrected chi connectivity index (χ3v) is 2.37.